The minimum atomic E-state index is -0.815. The summed E-state index contributed by atoms with van der Waals surface area (Å²) in [7, 11) is 0. The fourth-order valence-corrected chi connectivity index (χ4v) is 2.07. The molecule has 1 unspecified atom stereocenters. The average Bonchev–Trinajstić information content (AvgIpc) is 2.41. The molecule has 0 fully saturated rings. The van der Waals surface area contributed by atoms with Crippen LogP contribution in [0.15, 0.2) is 33.9 Å². The third-order valence-electron chi connectivity index (χ3n) is 3.03. The number of carbonyl (C=O) groups excluding carboxylic acids is 1. The number of azide groups is 1. The Morgan fingerprint density at radius 1 is 1.50 bits per heavy atom. The van der Waals surface area contributed by atoms with Gasteiger partial charge >= 0.3 is 0 Å². The molecule has 0 saturated heterocycles. The van der Waals surface area contributed by atoms with E-state index < -0.39 is 11.4 Å². The predicted octanol–water partition coefficient (Wildman–Crippen LogP) is 2.53. The first-order valence-electron chi connectivity index (χ1n) is 6.28. The Balaban J connectivity index is 2.63. The van der Waals surface area contributed by atoms with Crippen LogP contribution >= 0.6 is 15.9 Å². The normalized spacial score (nSPS) is 13.3. The molecule has 0 heterocycles. The van der Waals surface area contributed by atoms with Crippen LogP contribution in [0.4, 0.5) is 0 Å². The van der Waals surface area contributed by atoms with Crippen LogP contribution < -0.4 is 11.1 Å². The van der Waals surface area contributed by atoms with E-state index in [9.17, 15) is 4.79 Å². The Labute approximate surface area is 126 Å². The van der Waals surface area contributed by atoms with Crippen LogP contribution in [0.25, 0.3) is 10.4 Å². The van der Waals surface area contributed by atoms with E-state index in [2.05, 4.69) is 31.3 Å². The molecule has 0 aliphatic heterocycles. The van der Waals surface area contributed by atoms with Crippen LogP contribution in [0.5, 0.6) is 0 Å². The van der Waals surface area contributed by atoms with Crippen molar-refractivity contribution in [3.05, 3.63) is 44.7 Å². The predicted molar refractivity (Wildman–Crippen MR) is 82.1 cm³/mol. The molecule has 1 amide bonds. The van der Waals surface area contributed by atoms with Crippen molar-refractivity contribution in [2.45, 2.75) is 25.3 Å². The first-order chi connectivity index (χ1) is 9.48. The molecular weight excluding hydrogens is 322 g/mol. The topological polar surface area (TPSA) is 104 Å². The standard InChI is InChI=1S/C13H18BrN5O/c1-13(12(15)20,17-7-2-8-18-19-16)9-10-3-5-11(14)6-4-10/h3-6,17H,2,7-9H2,1H3,(H2,15,20). The van der Waals surface area contributed by atoms with E-state index in [-0.39, 0.29) is 0 Å². The molecule has 0 bridgehead atoms. The zero-order valence-corrected chi connectivity index (χ0v) is 12.9. The van der Waals surface area contributed by atoms with Crippen molar-refractivity contribution in [2.24, 2.45) is 10.8 Å². The zero-order valence-electron chi connectivity index (χ0n) is 11.3. The molecule has 1 aromatic rings. The highest BCUT2D eigenvalue weighted by molar-refractivity contribution is 9.10. The minimum Gasteiger partial charge on any atom is -0.368 e. The summed E-state index contributed by atoms with van der Waals surface area (Å²) in [5.41, 5.74) is 13.9. The van der Waals surface area contributed by atoms with Crippen LogP contribution in [-0.4, -0.2) is 24.5 Å². The Bertz CT molecular complexity index is 498. The maximum absolute atomic E-state index is 11.7. The van der Waals surface area contributed by atoms with Crippen LogP contribution in [0.3, 0.4) is 0 Å². The van der Waals surface area contributed by atoms with E-state index >= 15 is 0 Å². The van der Waals surface area contributed by atoms with Crippen molar-refractivity contribution in [1.82, 2.24) is 5.32 Å². The number of hydrogen-bond acceptors (Lipinski definition) is 3. The Hall–Kier alpha value is -1.56. The monoisotopic (exact) mass is 339 g/mol. The van der Waals surface area contributed by atoms with Gasteiger partial charge < -0.3 is 11.1 Å². The van der Waals surface area contributed by atoms with Crippen molar-refractivity contribution in [3.63, 3.8) is 0 Å². The highest BCUT2D eigenvalue weighted by Gasteiger charge is 2.30. The molecule has 0 saturated carbocycles. The molecule has 20 heavy (non-hydrogen) atoms. The molecule has 3 N–H and O–H groups in total. The third kappa shape index (κ3) is 5.21. The number of rotatable bonds is 8. The SMILES string of the molecule is CC(Cc1ccc(Br)cc1)(NCCCN=[N+]=[N-])C(N)=O. The van der Waals surface area contributed by atoms with Gasteiger partial charge in [0.05, 0.1) is 5.54 Å². The van der Waals surface area contributed by atoms with E-state index in [1.54, 1.807) is 6.92 Å². The van der Waals surface area contributed by atoms with Crippen LogP contribution in [0.1, 0.15) is 18.9 Å². The van der Waals surface area contributed by atoms with E-state index in [0.29, 0.717) is 25.9 Å². The first kappa shape index (κ1) is 16.5. The molecule has 1 atom stereocenters. The van der Waals surface area contributed by atoms with Gasteiger partial charge in [-0.25, -0.2) is 0 Å². The first-order valence-corrected chi connectivity index (χ1v) is 7.07. The van der Waals surface area contributed by atoms with Gasteiger partial charge in [-0.3, -0.25) is 4.79 Å². The largest absolute Gasteiger partial charge is 0.368 e. The number of nitrogens with zero attached hydrogens (tertiary/aromatic N) is 3. The average molecular weight is 340 g/mol. The minimum absolute atomic E-state index is 0.399. The van der Waals surface area contributed by atoms with Gasteiger partial charge in [-0.2, -0.15) is 0 Å². The van der Waals surface area contributed by atoms with Gasteiger partial charge in [-0.1, -0.05) is 33.2 Å². The third-order valence-corrected chi connectivity index (χ3v) is 3.56. The molecule has 0 aliphatic rings. The summed E-state index contributed by atoms with van der Waals surface area (Å²) in [6, 6.07) is 7.76. The molecule has 0 spiro atoms. The quantitative estimate of drug-likeness (QED) is 0.329. The maximum atomic E-state index is 11.7. The van der Waals surface area contributed by atoms with Gasteiger partial charge in [0.2, 0.25) is 5.91 Å². The highest BCUT2D eigenvalue weighted by Crippen LogP contribution is 2.16. The summed E-state index contributed by atoms with van der Waals surface area (Å²) >= 11 is 3.37. The Kier molecular flexibility index (Phi) is 6.51. The molecule has 108 valence electrons. The summed E-state index contributed by atoms with van der Waals surface area (Å²) in [6.07, 6.45) is 1.17. The van der Waals surface area contributed by atoms with Crippen molar-refractivity contribution >= 4 is 21.8 Å². The van der Waals surface area contributed by atoms with E-state index in [4.69, 9.17) is 11.3 Å². The lowest BCUT2D eigenvalue weighted by molar-refractivity contribution is -0.123. The number of carbonyl (C=O) groups is 1. The fraction of sp³-hybridized carbons (Fsp3) is 0.462. The molecule has 1 aromatic carbocycles. The highest BCUT2D eigenvalue weighted by atomic mass is 79.9. The summed E-state index contributed by atoms with van der Waals surface area (Å²) in [5, 5.41) is 6.60. The fourth-order valence-electron chi connectivity index (χ4n) is 1.81. The molecule has 0 aromatic heterocycles. The molecular formula is C13H18BrN5O. The summed E-state index contributed by atoms with van der Waals surface area (Å²) in [4.78, 5) is 14.4. The van der Waals surface area contributed by atoms with Gasteiger partial charge in [-0.15, -0.1) is 0 Å². The van der Waals surface area contributed by atoms with Gasteiger partial charge in [0.15, 0.2) is 0 Å². The molecule has 0 aliphatic carbocycles. The van der Waals surface area contributed by atoms with Crippen LogP contribution in [-0.2, 0) is 11.2 Å². The smallest absolute Gasteiger partial charge is 0.237 e. The van der Waals surface area contributed by atoms with Gasteiger partial charge in [0.25, 0.3) is 0 Å². The molecule has 6 nitrogen and oxygen atoms in total. The van der Waals surface area contributed by atoms with Crippen LogP contribution in [0.2, 0.25) is 0 Å². The van der Waals surface area contributed by atoms with E-state index in [1.165, 1.54) is 0 Å². The van der Waals surface area contributed by atoms with Crippen molar-refractivity contribution in [2.75, 3.05) is 13.1 Å². The van der Waals surface area contributed by atoms with Gasteiger partial charge in [0.1, 0.15) is 0 Å². The van der Waals surface area contributed by atoms with Crippen molar-refractivity contribution in [3.8, 4) is 0 Å². The second-order valence-corrected chi connectivity index (χ2v) is 5.65. The lowest BCUT2D eigenvalue weighted by Crippen LogP contribution is -2.55. The zero-order chi connectivity index (χ0) is 15.0. The van der Waals surface area contributed by atoms with E-state index in [0.717, 1.165) is 10.0 Å². The van der Waals surface area contributed by atoms with Crippen molar-refractivity contribution < 1.29 is 4.79 Å². The Morgan fingerprint density at radius 3 is 2.70 bits per heavy atom. The molecule has 0 radical (unpaired) electrons. The number of halogens is 1. The summed E-state index contributed by atoms with van der Waals surface area (Å²) in [6.45, 7) is 2.75. The van der Waals surface area contributed by atoms with Gasteiger partial charge in [0, 0.05) is 15.9 Å². The number of hydrogen-bond donors (Lipinski definition) is 2. The van der Waals surface area contributed by atoms with Crippen molar-refractivity contribution in [1.29, 1.82) is 0 Å². The van der Waals surface area contributed by atoms with Gasteiger partial charge in [-0.05, 0) is 49.5 Å². The number of nitrogens with two attached hydrogens (primary N) is 1. The number of nitrogens with one attached hydrogen (secondary N) is 1. The number of benzene rings is 1. The molecule has 1 rings (SSSR count). The maximum Gasteiger partial charge on any atom is 0.237 e. The second-order valence-electron chi connectivity index (χ2n) is 4.73. The lowest BCUT2D eigenvalue weighted by Gasteiger charge is -2.27. The second kappa shape index (κ2) is 7.89. The number of primary amides is 1. The van der Waals surface area contributed by atoms with Crippen LogP contribution in [0, 0.1) is 0 Å². The number of amides is 1. The Morgan fingerprint density at radius 2 is 2.15 bits per heavy atom. The molecule has 7 heteroatoms. The summed E-state index contributed by atoms with van der Waals surface area (Å²) in [5.74, 6) is -0.399. The lowest BCUT2D eigenvalue weighted by atomic mass is 9.92. The summed E-state index contributed by atoms with van der Waals surface area (Å²) < 4.78 is 0.990. The van der Waals surface area contributed by atoms with E-state index in [1.807, 2.05) is 24.3 Å².